The highest BCUT2D eigenvalue weighted by Gasteiger charge is 2.13. The SMILES string of the molecule is CCNc1cccc(C(=O)Nc2c(Br)cc(C)cc2Br)n1. The minimum absolute atomic E-state index is 0.250. The van der Waals surface area contributed by atoms with Gasteiger partial charge >= 0.3 is 0 Å². The number of benzene rings is 1. The maximum Gasteiger partial charge on any atom is 0.274 e. The van der Waals surface area contributed by atoms with Gasteiger partial charge in [-0.1, -0.05) is 6.07 Å². The number of anilines is 2. The van der Waals surface area contributed by atoms with Crippen molar-refractivity contribution in [3.8, 4) is 0 Å². The second-order valence-electron chi connectivity index (χ2n) is 4.50. The first-order chi connectivity index (χ1) is 10.0. The van der Waals surface area contributed by atoms with Crippen molar-refractivity contribution in [1.82, 2.24) is 4.98 Å². The van der Waals surface area contributed by atoms with Crippen LogP contribution in [0.3, 0.4) is 0 Å². The number of carbonyl (C=O) groups is 1. The van der Waals surface area contributed by atoms with Gasteiger partial charge in [0.15, 0.2) is 0 Å². The number of nitrogens with one attached hydrogen (secondary N) is 2. The Hall–Kier alpha value is -1.40. The number of rotatable bonds is 4. The molecule has 110 valence electrons. The van der Waals surface area contributed by atoms with E-state index < -0.39 is 0 Å². The van der Waals surface area contributed by atoms with Crippen molar-refractivity contribution in [2.75, 3.05) is 17.2 Å². The fraction of sp³-hybridized carbons (Fsp3) is 0.200. The number of aromatic nitrogens is 1. The summed E-state index contributed by atoms with van der Waals surface area (Å²) >= 11 is 6.92. The molecule has 0 radical (unpaired) electrons. The van der Waals surface area contributed by atoms with Crippen LogP contribution < -0.4 is 10.6 Å². The molecule has 0 spiro atoms. The summed E-state index contributed by atoms with van der Waals surface area (Å²) in [6, 6.07) is 9.22. The monoisotopic (exact) mass is 411 g/mol. The van der Waals surface area contributed by atoms with Crippen molar-refractivity contribution in [3.05, 3.63) is 50.5 Å². The number of pyridine rings is 1. The largest absolute Gasteiger partial charge is 0.370 e. The summed E-state index contributed by atoms with van der Waals surface area (Å²) in [4.78, 5) is 16.6. The van der Waals surface area contributed by atoms with Gasteiger partial charge in [0, 0.05) is 15.5 Å². The first kappa shape index (κ1) is 16.0. The fourth-order valence-electron chi connectivity index (χ4n) is 1.84. The number of halogens is 2. The van der Waals surface area contributed by atoms with Gasteiger partial charge in [0.2, 0.25) is 0 Å². The Bertz CT molecular complexity index is 651. The number of carbonyl (C=O) groups excluding carboxylic acids is 1. The van der Waals surface area contributed by atoms with Crippen LogP contribution in [0.4, 0.5) is 11.5 Å². The average molecular weight is 413 g/mol. The zero-order chi connectivity index (χ0) is 15.4. The molecule has 0 bridgehead atoms. The predicted octanol–water partition coefficient (Wildman–Crippen LogP) is 4.60. The molecule has 6 heteroatoms. The molecule has 1 aromatic heterocycles. The van der Waals surface area contributed by atoms with Crippen LogP contribution in [-0.2, 0) is 0 Å². The van der Waals surface area contributed by atoms with E-state index in [0.717, 1.165) is 21.1 Å². The molecule has 0 aliphatic carbocycles. The summed E-state index contributed by atoms with van der Waals surface area (Å²) in [6.45, 7) is 4.73. The molecule has 4 nitrogen and oxygen atoms in total. The van der Waals surface area contributed by atoms with Crippen LogP contribution in [0.1, 0.15) is 23.0 Å². The molecule has 0 atom stereocenters. The summed E-state index contributed by atoms with van der Waals surface area (Å²) in [5.41, 5.74) is 2.16. The molecule has 0 unspecified atom stereocenters. The van der Waals surface area contributed by atoms with Gasteiger partial charge in [-0.05, 0) is 75.5 Å². The first-order valence-corrected chi connectivity index (χ1v) is 8.07. The Balaban J connectivity index is 2.24. The van der Waals surface area contributed by atoms with Crippen molar-refractivity contribution in [2.45, 2.75) is 13.8 Å². The molecule has 0 saturated heterocycles. The molecule has 0 fully saturated rings. The molecule has 0 aliphatic heterocycles. The average Bonchev–Trinajstić information content (AvgIpc) is 2.43. The van der Waals surface area contributed by atoms with E-state index in [1.54, 1.807) is 12.1 Å². The van der Waals surface area contributed by atoms with E-state index in [1.165, 1.54) is 0 Å². The van der Waals surface area contributed by atoms with Crippen molar-refractivity contribution in [3.63, 3.8) is 0 Å². The summed E-state index contributed by atoms with van der Waals surface area (Å²) in [7, 11) is 0. The third-order valence-corrected chi connectivity index (χ3v) is 4.02. The maximum atomic E-state index is 12.3. The Morgan fingerprint density at radius 2 is 1.90 bits per heavy atom. The van der Waals surface area contributed by atoms with Gasteiger partial charge in [0.25, 0.3) is 5.91 Å². The van der Waals surface area contributed by atoms with Crippen LogP contribution >= 0.6 is 31.9 Å². The summed E-state index contributed by atoms with van der Waals surface area (Å²) in [5.74, 6) is 0.437. The minimum atomic E-state index is -0.250. The topological polar surface area (TPSA) is 54.0 Å². The zero-order valence-electron chi connectivity index (χ0n) is 11.7. The molecular weight excluding hydrogens is 398 g/mol. The zero-order valence-corrected chi connectivity index (χ0v) is 14.9. The Kier molecular flexibility index (Phi) is 5.36. The molecule has 0 aliphatic rings. The van der Waals surface area contributed by atoms with Crippen molar-refractivity contribution >= 4 is 49.3 Å². The van der Waals surface area contributed by atoms with E-state index >= 15 is 0 Å². The number of nitrogens with zero attached hydrogens (tertiary/aromatic N) is 1. The van der Waals surface area contributed by atoms with E-state index in [-0.39, 0.29) is 5.91 Å². The molecule has 21 heavy (non-hydrogen) atoms. The van der Waals surface area contributed by atoms with Crippen LogP contribution in [0.5, 0.6) is 0 Å². The molecule has 0 saturated carbocycles. The van der Waals surface area contributed by atoms with Crippen molar-refractivity contribution in [2.24, 2.45) is 0 Å². The van der Waals surface area contributed by atoms with Crippen LogP contribution in [0, 0.1) is 6.92 Å². The van der Waals surface area contributed by atoms with Crippen LogP contribution in [0.15, 0.2) is 39.3 Å². The van der Waals surface area contributed by atoms with E-state index in [1.807, 2.05) is 32.0 Å². The van der Waals surface area contributed by atoms with Crippen molar-refractivity contribution < 1.29 is 4.79 Å². The Labute approximate surface area is 140 Å². The second kappa shape index (κ2) is 7.04. The smallest absolute Gasteiger partial charge is 0.274 e. The van der Waals surface area contributed by atoms with Crippen LogP contribution in [0.25, 0.3) is 0 Å². The second-order valence-corrected chi connectivity index (χ2v) is 6.20. The maximum absolute atomic E-state index is 12.3. The van der Waals surface area contributed by atoms with Crippen molar-refractivity contribution in [1.29, 1.82) is 0 Å². The van der Waals surface area contributed by atoms with E-state index in [0.29, 0.717) is 17.2 Å². The molecule has 1 amide bonds. The molecule has 2 N–H and O–H groups in total. The highest BCUT2D eigenvalue weighted by atomic mass is 79.9. The highest BCUT2D eigenvalue weighted by Crippen LogP contribution is 2.32. The normalized spacial score (nSPS) is 10.3. The molecular formula is C15H15Br2N3O. The van der Waals surface area contributed by atoms with Gasteiger partial charge in [-0.25, -0.2) is 4.98 Å². The number of amides is 1. The standard InChI is InChI=1S/C15H15Br2N3O/c1-3-18-13-6-4-5-12(19-13)15(21)20-14-10(16)7-9(2)8-11(14)17/h4-8H,3H2,1-2H3,(H,18,19)(H,20,21). The lowest BCUT2D eigenvalue weighted by molar-refractivity contribution is 0.102. The number of aryl methyl sites for hydroxylation is 1. The fourth-order valence-corrected chi connectivity index (χ4v) is 3.45. The number of hydrogen-bond acceptors (Lipinski definition) is 3. The summed E-state index contributed by atoms with van der Waals surface area (Å²) < 4.78 is 1.65. The third kappa shape index (κ3) is 4.04. The highest BCUT2D eigenvalue weighted by molar-refractivity contribution is 9.11. The lowest BCUT2D eigenvalue weighted by Crippen LogP contribution is -2.15. The summed E-state index contributed by atoms with van der Waals surface area (Å²) in [5, 5.41) is 5.96. The van der Waals surface area contributed by atoms with E-state index in [4.69, 9.17) is 0 Å². The predicted molar refractivity (Wildman–Crippen MR) is 92.9 cm³/mol. The van der Waals surface area contributed by atoms with Gasteiger partial charge in [0.05, 0.1) is 5.69 Å². The van der Waals surface area contributed by atoms with Gasteiger partial charge in [-0.2, -0.15) is 0 Å². The van der Waals surface area contributed by atoms with Gasteiger partial charge in [0.1, 0.15) is 11.5 Å². The van der Waals surface area contributed by atoms with E-state index in [2.05, 4.69) is 47.5 Å². The lowest BCUT2D eigenvalue weighted by atomic mass is 10.2. The molecule has 2 rings (SSSR count). The Morgan fingerprint density at radius 3 is 2.52 bits per heavy atom. The quantitative estimate of drug-likeness (QED) is 0.771. The first-order valence-electron chi connectivity index (χ1n) is 6.49. The molecule has 1 aromatic carbocycles. The van der Waals surface area contributed by atoms with Gasteiger partial charge < -0.3 is 10.6 Å². The lowest BCUT2D eigenvalue weighted by Gasteiger charge is -2.11. The van der Waals surface area contributed by atoms with Gasteiger partial charge in [-0.3, -0.25) is 4.79 Å². The molecule has 1 heterocycles. The number of hydrogen-bond donors (Lipinski definition) is 2. The van der Waals surface area contributed by atoms with E-state index in [9.17, 15) is 4.79 Å². The van der Waals surface area contributed by atoms with Crippen LogP contribution in [0.2, 0.25) is 0 Å². The Morgan fingerprint density at radius 1 is 1.24 bits per heavy atom. The summed E-state index contributed by atoms with van der Waals surface area (Å²) in [6.07, 6.45) is 0. The molecule has 2 aromatic rings. The minimum Gasteiger partial charge on any atom is -0.370 e. The van der Waals surface area contributed by atoms with Crippen LogP contribution in [-0.4, -0.2) is 17.4 Å². The van der Waals surface area contributed by atoms with Gasteiger partial charge in [-0.15, -0.1) is 0 Å². The third-order valence-electron chi connectivity index (χ3n) is 2.76.